The molecule has 1 atom stereocenters. The minimum atomic E-state index is 0.416. The van der Waals surface area contributed by atoms with Crippen LogP contribution in [0.3, 0.4) is 0 Å². The zero-order valence-electron chi connectivity index (χ0n) is 13.3. The second kappa shape index (κ2) is 7.54. The first-order valence-electron chi connectivity index (χ1n) is 7.40. The maximum Gasteiger partial charge on any atom is 0.125 e. The fraction of sp³-hybridized carbons (Fsp3) is 0.647. The van der Waals surface area contributed by atoms with Gasteiger partial charge in [-0.15, -0.1) is 0 Å². The van der Waals surface area contributed by atoms with E-state index in [1.54, 1.807) is 0 Å². The molecule has 0 fully saturated rings. The van der Waals surface area contributed by atoms with Gasteiger partial charge in [0, 0.05) is 6.04 Å². The van der Waals surface area contributed by atoms with Crippen LogP contribution >= 0.6 is 0 Å². The van der Waals surface area contributed by atoms with Crippen molar-refractivity contribution in [3.05, 3.63) is 28.8 Å². The smallest absolute Gasteiger partial charge is 0.125 e. The van der Waals surface area contributed by atoms with Crippen LogP contribution in [0.1, 0.15) is 43.9 Å². The molecule has 0 aliphatic rings. The van der Waals surface area contributed by atoms with E-state index >= 15 is 0 Å². The van der Waals surface area contributed by atoms with Gasteiger partial charge >= 0.3 is 0 Å². The maximum atomic E-state index is 6.11. The molecule has 0 saturated carbocycles. The van der Waals surface area contributed by atoms with Crippen LogP contribution in [0.25, 0.3) is 0 Å². The Morgan fingerprint density at radius 2 is 1.74 bits per heavy atom. The summed E-state index contributed by atoms with van der Waals surface area (Å²) in [5.74, 6) is 1.64. The van der Waals surface area contributed by atoms with E-state index in [2.05, 4.69) is 59.0 Å². The van der Waals surface area contributed by atoms with Gasteiger partial charge in [-0.25, -0.2) is 0 Å². The van der Waals surface area contributed by atoms with Gasteiger partial charge in [0.15, 0.2) is 0 Å². The van der Waals surface area contributed by atoms with Gasteiger partial charge in [-0.1, -0.05) is 32.9 Å². The molecule has 19 heavy (non-hydrogen) atoms. The van der Waals surface area contributed by atoms with Crippen LogP contribution in [0.4, 0.5) is 0 Å². The van der Waals surface area contributed by atoms with Crippen LogP contribution in [-0.2, 0) is 0 Å². The lowest BCUT2D eigenvalue weighted by Gasteiger charge is -2.24. The Bertz CT molecular complexity index is 398. The van der Waals surface area contributed by atoms with E-state index < -0.39 is 0 Å². The monoisotopic (exact) mass is 263 g/mol. The number of ether oxygens (including phenoxy) is 1. The van der Waals surface area contributed by atoms with Gasteiger partial charge in [-0.3, -0.25) is 0 Å². The summed E-state index contributed by atoms with van der Waals surface area (Å²) in [4.78, 5) is 0. The topological polar surface area (TPSA) is 21.3 Å². The van der Waals surface area contributed by atoms with E-state index in [1.165, 1.54) is 16.7 Å². The summed E-state index contributed by atoms with van der Waals surface area (Å²) in [5, 5.41) is 3.57. The maximum absolute atomic E-state index is 6.11. The Balaban J connectivity index is 2.71. The summed E-state index contributed by atoms with van der Waals surface area (Å²) in [7, 11) is 0. The fourth-order valence-corrected chi connectivity index (χ4v) is 2.14. The summed E-state index contributed by atoms with van der Waals surface area (Å²) < 4.78 is 6.11. The average molecular weight is 263 g/mol. The number of hydrogen-bond acceptors (Lipinski definition) is 2. The lowest BCUT2D eigenvalue weighted by Crippen LogP contribution is -2.39. The van der Waals surface area contributed by atoms with E-state index in [-0.39, 0.29) is 0 Å². The van der Waals surface area contributed by atoms with Crippen LogP contribution in [0.2, 0.25) is 0 Å². The third-order valence-electron chi connectivity index (χ3n) is 3.74. The van der Waals surface area contributed by atoms with Crippen molar-refractivity contribution in [2.24, 2.45) is 5.92 Å². The lowest BCUT2D eigenvalue weighted by atomic mass is 10.0. The molecule has 0 heterocycles. The molecule has 108 valence electrons. The highest BCUT2D eigenvalue weighted by atomic mass is 16.5. The first-order chi connectivity index (χ1) is 8.97. The molecular formula is C17H29NO. The lowest BCUT2D eigenvalue weighted by molar-refractivity contribution is 0.228. The summed E-state index contributed by atoms with van der Waals surface area (Å²) in [6, 6.07) is 4.72. The van der Waals surface area contributed by atoms with E-state index in [0.717, 1.165) is 25.3 Å². The first kappa shape index (κ1) is 16.0. The summed E-state index contributed by atoms with van der Waals surface area (Å²) in [5.41, 5.74) is 3.78. The van der Waals surface area contributed by atoms with Gasteiger partial charge in [-0.2, -0.15) is 0 Å². The minimum Gasteiger partial charge on any atom is -0.491 e. The van der Waals surface area contributed by atoms with Crippen molar-refractivity contribution >= 4 is 0 Å². The van der Waals surface area contributed by atoms with E-state index in [4.69, 9.17) is 4.74 Å². The third kappa shape index (κ3) is 4.54. The molecule has 0 amide bonds. The van der Waals surface area contributed by atoms with Crippen LogP contribution in [0.15, 0.2) is 12.1 Å². The van der Waals surface area contributed by atoms with Crippen LogP contribution < -0.4 is 10.1 Å². The van der Waals surface area contributed by atoms with Crippen molar-refractivity contribution in [2.75, 3.05) is 13.2 Å². The van der Waals surface area contributed by atoms with Crippen LogP contribution in [0, 0.1) is 26.7 Å². The van der Waals surface area contributed by atoms with Crippen molar-refractivity contribution in [3.63, 3.8) is 0 Å². The number of nitrogens with one attached hydrogen (secondary N) is 1. The SMILES string of the molecule is CCCNC(COc1c(C)ccc(C)c1C)C(C)C. The summed E-state index contributed by atoms with van der Waals surface area (Å²) in [6.45, 7) is 14.9. The average Bonchev–Trinajstić information content (AvgIpc) is 2.37. The highest BCUT2D eigenvalue weighted by molar-refractivity contribution is 5.44. The molecule has 0 spiro atoms. The fourth-order valence-electron chi connectivity index (χ4n) is 2.14. The number of hydrogen-bond donors (Lipinski definition) is 1. The molecule has 2 nitrogen and oxygen atoms in total. The molecule has 2 heteroatoms. The highest BCUT2D eigenvalue weighted by Crippen LogP contribution is 2.26. The molecule has 0 aromatic heterocycles. The third-order valence-corrected chi connectivity index (χ3v) is 3.74. The predicted molar refractivity (Wildman–Crippen MR) is 83.1 cm³/mol. The predicted octanol–water partition coefficient (Wildman–Crippen LogP) is 4.01. The number of rotatable bonds is 7. The van der Waals surface area contributed by atoms with Gasteiger partial charge in [0.25, 0.3) is 0 Å². The molecular weight excluding hydrogens is 234 g/mol. The van der Waals surface area contributed by atoms with Crippen molar-refractivity contribution in [1.82, 2.24) is 5.32 Å². The Morgan fingerprint density at radius 1 is 1.11 bits per heavy atom. The standard InChI is InChI=1S/C17H29NO/c1-7-10-18-16(12(2)3)11-19-17-14(5)9-8-13(4)15(17)6/h8-9,12,16,18H,7,10-11H2,1-6H3. The van der Waals surface area contributed by atoms with Gasteiger partial charge in [0.05, 0.1) is 0 Å². The zero-order chi connectivity index (χ0) is 14.4. The molecule has 1 N–H and O–H groups in total. The molecule has 0 aliphatic heterocycles. The molecule has 0 aliphatic carbocycles. The highest BCUT2D eigenvalue weighted by Gasteiger charge is 2.15. The Kier molecular flexibility index (Phi) is 6.36. The molecule has 0 saturated heterocycles. The van der Waals surface area contributed by atoms with Crippen molar-refractivity contribution in [2.45, 2.75) is 54.0 Å². The van der Waals surface area contributed by atoms with Crippen molar-refractivity contribution in [1.29, 1.82) is 0 Å². The summed E-state index contributed by atoms with van der Waals surface area (Å²) in [6.07, 6.45) is 1.16. The number of aryl methyl sites for hydroxylation is 2. The number of benzene rings is 1. The summed E-state index contributed by atoms with van der Waals surface area (Å²) >= 11 is 0. The van der Waals surface area contributed by atoms with Crippen LogP contribution in [0.5, 0.6) is 5.75 Å². The van der Waals surface area contributed by atoms with Crippen molar-refractivity contribution < 1.29 is 4.74 Å². The van der Waals surface area contributed by atoms with Crippen molar-refractivity contribution in [3.8, 4) is 5.75 Å². The Labute approximate surface area is 118 Å². The minimum absolute atomic E-state index is 0.416. The van der Waals surface area contributed by atoms with Crippen LogP contribution in [-0.4, -0.2) is 19.2 Å². The van der Waals surface area contributed by atoms with Gasteiger partial charge < -0.3 is 10.1 Å². The van der Waals surface area contributed by atoms with Gasteiger partial charge in [0.1, 0.15) is 12.4 Å². The second-order valence-electron chi connectivity index (χ2n) is 5.77. The Hall–Kier alpha value is -1.02. The quantitative estimate of drug-likeness (QED) is 0.802. The molecule has 1 aromatic rings. The Morgan fingerprint density at radius 3 is 2.32 bits per heavy atom. The molecule has 0 radical (unpaired) electrons. The second-order valence-corrected chi connectivity index (χ2v) is 5.77. The molecule has 1 aromatic carbocycles. The first-order valence-corrected chi connectivity index (χ1v) is 7.40. The van der Waals surface area contributed by atoms with Gasteiger partial charge in [-0.05, 0) is 56.3 Å². The van der Waals surface area contributed by atoms with E-state index in [1.807, 2.05) is 0 Å². The molecule has 1 unspecified atom stereocenters. The van der Waals surface area contributed by atoms with Gasteiger partial charge in [0.2, 0.25) is 0 Å². The largest absolute Gasteiger partial charge is 0.491 e. The normalized spacial score (nSPS) is 12.8. The zero-order valence-corrected chi connectivity index (χ0v) is 13.3. The van der Waals surface area contributed by atoms with E-state index in [9.17, 15) is 0 Å². The molecule has 1 rings (SSSR count). The molecule has 0 bridgehead atoms. The van der Waals surface area contributed by atoms with E-state index in [0.29, 0.717) is 12.0 Å².